The maximum atomic E-state index is 4.46. The Hall–Kier alpha value is -1.81. The Labute approximate surface area is 94.8 Å². The Morgan fingerprint density at radius 2 is 2.06 bits per heavy atom. The fourth-order valence-corrected chi connectivity index (χ4v) is 1.51. The van der Waals surface area contributed by atoms with E-state index in [9.17, 15) is 0 Å². The molecule has 2 heterocycles. The number of hydrogen-bond donors (Lipinski definition) is 1. The van der Waals surface area contributed by atoms with Crippen molar-refractivity contribution in [1.29, 1.82) is 0 Å². The molecule has 0 amide bonds. The molecule has 0 fully saturated rings. The van der Waals surface area contributed by atoms with Crippen LogP contribution in [0.2, 0.25) is 0 Å². The average Bonchev–Trinajstić information content (AvgIpc) is 2.30. The summed E-state index contributed by atoms with van der Waals surface area (Å²) in [5, 5.41) is 3.04. The molecule has 0 aliphatic rings. The lowest BCUT2D eigenvalue weighted by Crippen LogP contribution is -2.10. The molecule has 4 heteroatoms. The molecule has 0 saturated carbocycles. The highest BCUT2D eigenvalue weighted by molar-refractivity contribution is 5.53. The van der Waals surface area contributed by atoms with E-state index in [1.807, 2.05) is 38.2 Å². The van der Waals surface area contributed by atoms with E-state index in [1.54, 1.807) is 6.20 Å². The number of nitrogens with one attached hydrogen (secondary N) is 1. The van der Waals surface area contributed by atoms with Crippen molar-refractivity contribution in [3.63, 3.8) is 0 Å². The zero-order valence-corrected chi connectivity index (χ0v) is 9.44. The van der Waals surface area contributed by atoms with Crippen molar-refractivity contribution in [1.82, 2.24) is 20.3 Å². The molecule has 16 heavy (non-hydrogen) atoms. The number of hydrogen-bond acceptors (Lipinski definition) is 4. The Kier molecular flexibility index (Phi) is 3.22. The second-order valence-electron chi connectivity index (χ2n) is 3.56. The first-order valence-electron chi connectivity index (χ1n) is 5.20. The first-order valence-corrected chi connectivity index (χ1v) is 5.20. The molecule has 2 rings (SSSR count). The Morgan fingerprint density at radius 3 is 2.75 bits per heavy atom. The van der Waals surface area contributed by atoms with Gasteiger partial charge in [0.05, 0.1) is 17.9 Å². The van der Waals surface area contributed by atoms with Gasteiger partial charge < -0.3 is 5.32 Å². The third kappa shape index (κ3) is 2.41. The average molecular weight is 214 g/mol. The fraction of sp³-hybridized carbons (Fsp3) is 0.250. The van der Waals surface area contributed by atoms with Crippen LogP contribution in [-0.2, 0) is 6.54 Å². The highest BCUT2D eigenvalue weighted by Crippen LogP contribution is 2.14. The largest absolute Gasteiger partial charge is 0.313 e. The summed E-state index contributed by atoms with van der Waals surface area (Å²) in [6.07, 6.45) is 1.77. The molecular weight excluding hydrogens is 200 g/mol. The van der Waals surface area contributed by atoms with Crippen LogP contribution < -0.4 is 5.32 Å². The van der Waals surface area contributed by atoms with Gasteiger partial charge in [0.2, 0.25) is 0 Å². The standard InChI is InChI=1S/C12H14N4/c1-9-7-11(10-5-3-4-6-14-10)16-12(15-9)8-13-2/h3-7,13H,8H2,1-2H3. The first-order chi connectivity index (χ1) is 7.79. The van der Waals surface area contributed by atoms with E-state index in [-0.39, 0.29) is 0 Å². The number of aryl methyl sites for hydroxylation is 1. The van der Waals surface area contributed by atoms with Crippen molar-refractivity contribution in [3.8, 4) is 11.4 Å². The molecule has 0 saturated heterocycles. The highest BCUT2D eigenvalue weighted by atomic mass is 15.0. The quantitative estimate of drug-likeness (QED) is 0.842. The third-order valence-corrected chi connectivity index (χ3v) is 2.16. The summed E-state index contributed by atoms with van der Waals surface area (Å²) >= 11 is 0. The second-order valence-corrected chi connectivity index (χ2v) is 3.56. The molecule has 2 aromatic heterocycles. The summed E-state index contributed by atoms with van der Waals surface area (Å²) in [7, 11) is 1.88. The number of nitrogens with zero attached hydrogens (tertiary/aromatic N) is 3. The van der Waals surface area contributed by atoms with Gasteiger partial charge >= 0.3 is 0 Å². The van der Waals surface area contributed by atoms with Gasteiger partial charge in [-0.15, -0.1) is 0 Å². The van der Waals surface area contributed by atoms with Crippen LogP contribution in [0, 0.1) is 6.92 Å². The second kappa shape index (κ2) is 4.81. The topological polar surface area (TPSA) is 50.7 Å². The Balaban J connectivity index is 2.41. The van der Waals surface area contributed by atoms with Gasteiger partial charge in [-0.1, -0.05) is 6.07 Å². The molecule has 0 atom stereocenters. The smallest absolute Gasteiger partial charge is 0.143 e. The monoisotopic (exact) mass is 214 g/mol. The van der Waals surface area contributed by atoms with Crippen LogP contribution in [0.25, 0.3) is 11.4 Å². The van der Waals surface area contributed by atoms with E-state index in [1.165, 1.54) is 0 Å². The van der Waals surface area contributed by atoms with Gasteiger partial charge in [-0.2, -0.15) is 0 Å². The lowest BCUT2D eigenvalue weighted by Gasteiger charge is -2.04. The zero-order chi connectivity index (χ0) is 11.4. The van der Waals surface area contributed by atoms with Crippen molar-refractivity contribution < 1.29 is 0 Å². The predicted octanol–water partition coefficient (Wildman–Crippen LogP) is 1.57. The molecular formula is C12H14N4. The summed E-state index contributed by atoms with van der Waals surface area (Å²) in [5.41, 5.74) is 2.71. The van der Waals surface area contributed by atoms with E-state index in [4.69, 9.17) is 0 Å². The van der Waals surface area contributed by atoms with Crippen molar-refractivity contribution in [3.05, 3.63) is 42.0 Å². The molecule has 0 spiro atoms. The summed E-state index contributed by atoms with van der Waals surface area (Å²) in [4.78, 5) is 13.1. The van der Waals surface area contributed by atoms with Crippen molar-refractivity contribution in [2.75, 3.05) is 7.05 Å². The van der Waals surface area contributed by atoms with Crippen molar-refractivity contribution in [2.45, 2.75) is 13.5 Å². The summed E-state index contributed by atoms with van der Waals surface area (Å²) in [5.74, 6) is 0.795. The molecule has 0 unspecified atom stereocenters. The van der Waals surface area contributed by atoms with Gasteiger partial charge in [-0.05, 0) is 32.2 Å². The van der Waals surface area contributed by atoms with Gasteiger partial charge in [0.1, 0.15) is 5.82 Å². The van der Waals surface area contributed by atoms with Crippen molar-refractivity contribution in [2.24, 2.45) is 0 Å². The van der Waals surface area contributed by atoms with E-state index in [0.717, 1.165) is 22.9 Å². The summed E-state index contributed by atoms with van der Waals surface area (Å²) in [6, 6.07) is 7.75. The predicted molar refractivity (Wildman–Crippen MR) is 62.8 cm³/mol. The van der Waals surface area contributed by atoms with Gasteiger partial charge in [0.25, 0.3) is 0 Å². The molecule has 4 nitrogen and oxygen atoms in total. The lowest BCUT2D eigenvalue weighted by atomic mass is 10.2. The summed E-state index contributed by atoms with van der Waals surface area (Å²) in [6.45, 7) is 2.63. The van der Waals surface area contributed by atoms with Crippen molar-refractivity contribution >= 4 is 0 Å². The fourth-order valence-electron chi connectivity index (χ4n) is 1.51. The molecule has 0 aliphatic heterocycles. The van der Waals surface area contributed by atoms with Gasteiger partial charge in [-0.25, -0.2) is 9.97 Å². The van der Waals surface area contributed by atoms with Gasteiger partial charge in [0, 0.05) is 11.9 Å². The molecule has 1 N–H and O–H groups in total. The molecule has 2 aromatic rings. The number of aromatic nitrogens is 3. The number of pyridine rings is 1. The van der Waals surface area contributed by atoms with Gasteiger partial charge in [0.15, 0.2) is 0 Å². The molecule has 0 aliphatic carbocycles. The van der Waals surface area contributed by atoms with Crippen LogP contribution in [0.4, 0.5) is 0 Å². The van der Waals surface area contributed by atoms with E-state index in [0.29, 0.717) is 6.54 Å². The number of rotatable bonds is 3. The highest BCUT2D eigenvalue weighted by Gasteiger charge is 2.04. The normalized spacial score (nSPS) is 10.4. The Bertz CT molecular complexity index is 468. The SMILES string of the molecule is CNCc1nc(C)cc(-c2ccccn2)n1. The molecule has 0 radical (unpaired) electrons. The maximum Gasteiger partial charge on any atom is 0.143 e. The Morgan fingerprint density at radius 1 is 1.19 bits per heavy atom. The van der Waals surface area contributed by atoms with E-state index >= 15 is 0 Å². The van der Waals surface area contributed by atoms with E-state index in [2.05, 4.69) is 20.3 Å². The minimum absolute atomic E-state index is 0.668. The van der Waals surface area contributed by atoms with Crippen LogP contribution in [0.5, 0.6) is 0 Å². The molecule has 82 valence electrons. The first kappa shape index (κ1) is 10.7. The van der Waals surface area contributed by atoms with Crippen LogP contribution in [-0.4, -0.2) is 22.0 Å². The van der Waals surface area contributed by atoms with Gasteiger partial charge in [-0.3, -0.25) is 4.98 Å². The van der Waals surface area contributed by atoms with Crippen LogP contribution in [0.3, 0.4) is 0 Å². The lowest BCUT2D eigenvalue weighted by molar-refractivity contribution is 0.754. The third-order valence-electron chi connectivity index (χ3n) is 2.16. The van der Waals surface area contributed by atoms with E-state index < -0.39 is 0 Å². The minimum Gasteiger partial charge on any atom is -0.313 e. The van der Waals surface area contributed by atoms with Crippen LogP contribution in [0.1, 0.15) is 11.5 Å². The zero-order valence-electron chi connectivity index (χ0n) is 9.44. The maximum absolute atomic E-state index is 4.46. The van der Waals surface area contributed by atoms with Crippen LogP contribution in [0.15, 0.2) is 30.5 Å². The minimum atomic E-state index is 0.668. The molecule has 0 aromatic carbocycles. The molecule has 0 bridgehead atoms. The summed E-state index contributed by atoms with van der Waals surface area (Å²) < 4.78 is 0. The van der Waals surface area contributed by atoms with Crippen LogP contribution >= 0.6 is 0 Å².